The summed E-state index contributed by atoms with van der Waals surface area (Å²) >= 11 is 1.84. The highest BCUT2D eigenvalue weighted by atomic mass is 32.2. The average Bonchev–Trinajstić information content (AvgIpc) is 2.73. The molecule has 7 heteroatoms. The molecule has 0 aliphatic heterocycles. The lowest BCUT2D eigenvalue weighted by molar-refractivity contribution is 0.198. The lowest BCUT2D eigenvalue weighted by Crippen LogP contribution is -2.21. The van der Waals surface area contributed by atoms with E-state index in [1.807, 2.05) is 16.4 Å². The molecule has 0 unspecified atom stereocenters. The van der Waals surface area contributed by atoms with Gasteiger partial charge in [-0.25, -0.2) is 4.68 Å². The van der Waals surface area contributed by atoms with E-state index in [1.165, 1.54) is 0 Å². The van der Waals surface area contributed by atoms with Crippen LogP contribution in [0.1, 0.15) is 12.2 Å². The number of rotatable bonds is 9. The van der Waals surface area contributed by atoms with Crippen molar-refractivity contribution in [3.05, 3.63) is 5.82 Å². The standard InChI is InChI=1S/C9H19N5OS/c1-15-6-4-10-8-9-11-12-13-14(9)5-3-7-16-2/h10H,3-8H2,1-2H3. The topological polar surface area (TPSA) is 64.9 Å². The molecule has 0 aromatic carbocycles. The summed E-state index contributed by atoms with van der Waals surface area (Å²) in [5, 5.41) is 14.9. The molecule has 0 saturated carbocycles. The number of tetrazole rings is 1. The van der Waals surface area contributed by atoms with Crippen LogP contribution in [0.4, 0.5) is 0 Å². The van der Waals surface area contributed by atoms with Gasteiger partial charge in [0, 0.05) is 20.2 Å². The van der Waals surface area contributed by atoms with Gasteiger partial charge < -0.3 is 10.1 Å². The zero-order valence-corrected chi connectivity index (χ0v) is 10.7. The van der Waals surface area contributed by atoms with E-state index in [1.54, 1.807) is 7.11 Å². The Labute approximate surface area is 100 Å². The third kappa shape index (κ3) is 4.91. The molecule has 1 heterocycles. The number of hydrogen-bond acceptors (Lipinski definition) is 6. The number of thioether (sulfide) groups is 1. The predicted molar refractivity (Wildman–Crippen MR) is 64.4 cm³/mol. The molecule has 0 bridgehead atoms. The summed E-state index contributed by atoms with van der Waals surface area (Å²) in [7, 11) is 1.69. The maximum absolute atomic E-state index is 4.95. The molecule has 6 nitrogen and oxygen atoms in total. The van der Waals surface area contributed by atoms with E-state index in [9.17, 15) is 0 Å². The Bertz CT molecular complexity index is 281. The lowest BCUT2D eigenvalue weighted by atomic mass is 10.4. The number of hydrogen-bond donors (Lipinski definition) is 1. The molecule has 1 aromatic rings. The highest BCUT2D eigenvalue weighted by Crippen LogP contribution is 1.99. The van der Waals surface area contributed by atoms with Crippen LogP contribution in [0, 0.1) is 0 Å². The van der Waals surface area contributed by atoms with E-state index >= 15 is 0 Å². The molecule has 0 fully saturated rings. The summed E-state index contributed by atoms with van der Waals surface area (Å²) < 4.78 is 6.80. The van der Waals surface area contributed by atoms with Gasteiger partial charge in [-0.1, -0.05) is 0 Å². The number of methoxy groups -OCH3 is 1. The Hall–Kier alpha value is -0.660. The van der Waals surface area contributed by atoms with Crippen molar-refractivity contribution in [3.63, 3.8) is 0 Å². The summed E-state index contributed by atoms with van der Waals surface area (Å²) in [6.45, 7) is 3.09. The molecule has 0 aliphatic carbocycles. The minimum absolute atomic E-state index is 0.690. The molecular formula is C9H19N5OS. The number of aryl methyl sites for hydroxylation is 1. The Morgan fingerprint density at radius 2 is 2.38 bits per heavy atom. The summed E-state index contributed by atoms with van der Waals surface area (Å²) in [6.07, 6.45) is 3.20. The molecule has 1 rings (SSSR count). The highest BCUT2D eigenvalue weighted by molar-refractivity contribution is 7.98. The minimum Gasteiger partial charge on any atom is -0.383 e. The van der Waals surface area contributed by atoms with Crippen molar-refractivity contribution in [3.8, 4) is 0 Å². The largest absolute Gasteiger partial charge is 0.383 e. The summed E-state index contributed by atoms with van der Waals surface area (Å²) in [6, 6.07) is 0. The molecule has 16 heavy (non-hydrogen) atoms. The first kappa shape index (κ1) is 13.4. The van der Waals surface area contributed by atoms with Gasteiger partial charge in [-0.3, -0.25) is 0 Å². The molecule has 1 aromatic heterocycles. The van der Waals surface area contributed by atoms with Gasteiger partial charge in [-0.05, 0) is 28.9 Å². The lowest BCUT2D eigenvalue weighted by Gasteiger charge is -2.05. The summed E-state index contributed by atoms with van der Waals surface area (Å²) in [4.78, 5) is 0. The molecule has 0 spiro atoms. The van der Waals surface area contributed by atoms with E-state index in [4.69, 9.17) is 4.74 Å². The van der Waals surface area contributed by atoms with Gasteiger partial charge in [0.15, 0.2) is 5.82 Å². The van der Waals surface area contributed by atoms with Crippen LogP contribution in [-0.4, -0.2) is 52.5 Å². The van der Waals surface area contributed by atoms with Crippen molar-refractivity contribution in [2.75, 3.05) is 32.3 Å². The molecule has 0 aliphatic rings. The van der Waals surface area contributed by atoms with Crippen LogP contribution in [0.5, 0.6) is 0 Å². The van der Waals surface area contributed by atoms with Gasteiger partial charge in [0.1, 0.15) is 0 Å². The van der Waals surface area contributed by atoms with Gasteiger partial charge in [-0.15, -0.1) is 5.10 Å². The second-order valence-corrected chi connectivity index (χ2v) is 4.32. The fourth-order valence-corrected chi connectivity index (χ4v) is 1.67. The number of nitrogens with zero attached hydrogens (tertiary/aromatic N) is 4. The third-order valence-corrected chi connectivity index (χ3v) is 2.79. The molecule has 0 saturated heterocycles. The Kier molecular flexibility index (Phi) is 7.11. The third-order valence-electron chi connectivity index (χ3n) is 2.09. The van der Waals surface area contributed by atoms with Crippen LogP contribution >= 0.6 is 11.8 Å². The molecule has 0 atom stereocenters. The molecule has 1 N–H and O–H groups in total. The average molecular weight is 245 g/mol. The molecule has 92 valence electrons. The zero-order chi connectivity index (χ0) is 11.6. The van der Waals surface area contributed by atoms with Crippen LogP contribution in [0.15, 0.2) is 0 Å². The number of nitrogens with one attached hydrogen (secondary N) is 1. The van der Waals surface area contributed by atoms with E-state index in [2.05, 4.69) is 27.1 Å². The number of ether oxygens (including phenoxy) is 1. The van der Waals surface area contributed by atoms with Crippen molar-refractivity contribution in [1.82, 2.24) is 25.5 Å². The molecular weight excluding hydrogens is 226 g/mol. The van der Waals surface area contributed by atoms with Crippen molar-refractivity contribution >= 4 is 11.8 Å². The normalized spacial score (nSPS) is 10.9. The van der Waals surface area contributed by atoms with Crippen LogP contribution in [0.2, 0.25) is 0 Å². The van der Waals surface area contributed by atoms with Crippen molar-refractivity contribution in [2.45, 2.75) is 19.5 Å². The van der Waals surface area contributed by atoms with Crippen molar-refractivity contribution < 1.29 is 4.74 Å². The SMILES string of the molecule is COCCNCc1nnnn1CCCSC. The first-order valence-electron chi connectivity index (χ1n) is 5.32. The second-order valence-electron chi connectivity index (χ2n) is 3.33. The van der Waals surface area contributed by atoms with E-state index in [-0.39, 0.29) is 0 Å². The van der Waals surface area contributed by atoms with Gasteiger partial charge >= 0.3 is 0 Å². The minimum atomic E-state index is 0.690. The smallest absolute Gasteiger partial charge is 0.165 e. The Morgan fingerprint density at radius 1 is 1.50 bits per heavy atom. The van der Waals surface area contributed by atoms with Crippen LogP contribution < -0.4 is 5.32 Å². The molecule has 0 amide bonds. The maximum Gasteiger partial charge on any atom is 0.165 e. The van der Waals surface area contributed by atoms with Gasteiger partial charge in [0.25, 0.3) is 0 Å². The van der Waals surface area contributed by atoms with Crippen LogP contribution in [0.3, 0.4) is 0 Å². The number of aromatic nitrogens is 4. The predicted octanol–water partition coefficient (Wildman–Crippen LogP) is 0.162. The fraction of sp³-hybridized carbons (Fsp3) is 0.889. The van der Waals surface area contributed by atoms with Crippen molar-refractivity contribution in [2.24, 2.45) is 0 Å². The quantitative estimate of drug-likeness (QED) is 0.625. The monoisotopic (exact) mass is 245 g/mol. The van der Waals surface area contributed by atoms with Crippen LogP contribution in [0.25, 0.3) is 0 Å². The van der Waals surface area contributed by atoms with Gasteiger partial charge in [0.2, 0.25) is 0 Å². The van der Waals surface area contributed by atoms with E-state index < -0.39 is 0 Å². The highest BCUT2D eigenvalue weighted by Gasteiger charge is 2.04. The van der Waals surface area contributed by atoms with Crippen molar-refractivity contribution in [1.29, 1.82) is 0 Å². The Balaban J connectivity index is 2.26. The van der Waals surface area contributed by atoms with Gasteiger partial charge in [-0.2, -0.15) is 11.8 Å². The first-order chi connectivity index (χ1) is 7.88. The van der Waals surface area contributed by atoms with E-state index in [0.717, 1.165) is 31.1 Å². The van der Waals surface area contributed by atoms with Gasteiger partial charge in [0.05, 0.1) is 13.2 Å². The maximum atomic E-state index is 4.95. The van der Waals surface area contributed by atoms with Crippen LogP contribution in [-0.2, 0) is 17.8 Å². The first-order valence-corrected chi connectivity index (χ1v) is 6.71. The fourth-order valence-electron chi connectivity index (χ4n) is 1.26. The Morgan fingerprint density at radius 3 is 3.12 bits per heavy atom. The zero-order valence-electron chi connectivity index (χ0n) is 9.85. The summed E-state index contributed by atoms with van der Waals surface area (Å²) in [5.74, 6) is 2.02. The summed E-state index contributed by atoms with van der Waals surface area (Å²) in [5.41, 5.74) is 0. The molecule has 0 radical (unpaired) electrons. The van der Waals surface area contributed by atoms with E-state index in [0.29, 0.717) is 13.2 Å². The second kappa shape index (κ2) is 8.49.